The fraction of sp³-hybridized carbons (Fsp3) is 0.0500. The lowest BCUT2D eigenvalue weighted by atomic mass is 10.1. The van der Waals surface area contributed by atoms with Crippen molar-refractivity contribution in [3.8, 4) is 17.2 Å². The fourth-order valence-electron chi connectivity index (χ4n) is 2.23. The minimum atomic E-state index is -0.438. The van der Waals surface area contributed by atoms with E-state index in [4.69, 9.17) is 9.47 Å². The number of carbonyl (C=O) groups is 1. The molecule has 3 aromatic rings. The number of carbonyl (C=O) groups excluding carboxylic acids is 1. The number of esters is 1. The smallest absolute Gasteiger partial charge is 0.338 e. The van der Waals surface area contributed by atoms with Crippen LogP contribution in [0, 0.1) is 0 Å². The number of fused-ring (bicyclic) bond motifs is 1. The average Bonchev–Trinajstić information content (AvgIpc) is 2.56. The van der Waals surface area contributed by atoms with Crippen LogP contribution in [0.25, 0.3) is 10.8 Å². The van der Waals surface area contributed by atoms with Crippen LogP contribution in [0.2, 0.25) is 0 Å². The van der Waals surface area contributed by atoms with Gasteiger partial charge in [0, 0.05) is 16.3 Å². The summed E-state index contributed by atoms with van der Waals surface area (Å²) in [4.78, 5) is 11.8. The van der Waals surface area contributed by atoms with Crippen LogP contribution in [0.3, 0.4) is 0 Å². The molecule has 0 saturated carbocycles. The maximum Gasteiger partial charge on any atom is 0.338 e. The van der Waals surface area contributed by atoms with E-state index in [0.717, 1.165) is 16.5 Å². The third-order valence-electron chi connectivity index (χ3n) is 3.36. The van der Waals surface area contributed by atoms with Crippen LogP contribution in [0.5, 0.6) is 17.2 Å². The standard InChI is InChI=1S/C20H16O3/c1-14(2)20(21)23-19-13-7-10-16-17(19)11-6-12-18(16)22-15-8-4-3-5-9-15/h3-13H,1H2,2H3. The third-order valence-corrected chi connectivity index (χ3v) is 3.36. The zero-order chi connectivity index (χ0) is 16.2. The Balaban J connectivity index is 2.01. The van der Waals surface area contributed by atoms with Crippen molar-refractivity contribution in [3.05, 3.63) is 78.9 Å². The highest BCUT2D eigenvalue weighted by Crippen LogP contribution is 2.34. The maximum atomic E-state index is 11.8. The van der Waals surface area contributed by atoms with E-state index in [1.165, 1.54) is 0 Å². The van der Waals surface area contributed by atoms with Crippen LogP contribution < -0.4 is 9.47 Å². The minimum Gasteiger partial charge on any atom is -0.457 e. The summed E-state index contributed by atoms with van der Waals surface area (Å²) in [6.45, 7) is 5.23. The highest BCUT2D eigenvalue weighted by atomic mass is 16.5. The molecule has 0 unspecified atom stereocenters. The monoisotopic (exact) mass is 304 g/mol. The predicted octanol–water partition coefficient (Wildman–Crippen LogP) is 5.11. The molecular formula is C20H16O3. The van der Waals surface area contributed by atoms with Gasteiger partial charge in [0.05, 0.1) is 0 Å². The van der Waals surface area contributed by atoms with E-state index in [2.05, 4.69) is 6.58 Å². The second-order valence-electron chi connectivity index (χ2n) is 5.19. The Hall–Kier alpha value is -3.07. The van der Waals surface area contributed by atoms with E-state index in [0.29, 0.717) is 17.1 Å². The number of ether oxygens (including phenoxy) is 2. The summed E-state index contributed by atoms with van der Waals surface area (Å²) in [6, 6.07) is 20.7. The largest absolute Gasteiger partial charge is 0.457 e. The van der Waals surface area contributed by atoms with E-state index in [1.54, 1.807) is 13.0 Å². The zero-order valence-corrected chi connectivity index (χ0v) is 12.8. The van der Waals surface area contributed by atoms with Crippen molar-refractivity contribution in [2.45, 2.75) is 6.92 Å². The van der Waals surface area contributed by atoms with E-state index in [1.807, 2.05) is 60.7 Å². The lowest BCUT2D eigenvalue weighted by Gasteiger charge is -2.11. The van der Waals surface area contributed by atoms with Gasteiger partial charge in [-0.05, 0) is 31.2 Å². The second kappa shape index (κ2) is 6.36. The van der Waals surface area contributed by atoms with Gasteiger partial charge in [-0.15, -0.1) is 0 Å². The zero-order valence-electron chi connectivity index (χ0n) is 12.8. The number of benzene rings is 3. The van der Waals surface area contributed by atoms with Crippen molar-refractivity contribution in [1.29, 1.82) is 0 Å². The Morgan fingerprint density at radius 1 is 0.826 bits per heavy atom. The van der Waals surface area contributed by atoms with E-state index in [-0.39, 0.29) is 0 Å². The van der Waals surface area contributed by atoms with Gasteiger partial charge in [0.15, 0.2) is 0 Å². The van der Waals surface area contributed by atoms with E-state index in [9.17, 15) is 4.79 Å². The topological polar surface area (TPSA) is 35.5 Å². The van der Waals surface area contributed by atoms with Crippen LogP contribution in [-0.4, -0.2) is 5.97 Å². The van der Waals surface area contributed by atoms with Crippen LogP contribution in [-0.2, 0) is 4.79 Å². The Morgan fingerprint density at radius 3 is 2.09 bits per heavy atom. The Labute approximate surface area is 134 Å². The average molecular weight is 304 g/mol. The second-order valence-corrected chi connectivity index (χ2v) is 5.19. The lowest BCUT2D eigenvalue weighted by Crippen LogP contribution is -2.08. The van der Waals surface area contributed by atoms with E-state index >= 15 is 0 Å². The van der Waals surface area contributed by atoms with Gasteiger partial charge in [-0.25, -0.2) is 4.79 Å². The quantitative estimate of drug-likeness (QED) is 0.381. The van der Waals surface area contributed by atoms with Crippen molar-refractivity contribution in [1.82, 2.24) is 0 Å². The lowest BCUT2D eigenvalue weighted by molar-refractivity contribution is -0.129. The van der Waals surface area contributed by atoms with Crippen LogP contribution >= 0.6 is 0 Å². The molecule has 0 atom stereocenters. The predicted molar refractivity (Wildman–Crippen MR) is 90.9 cm³/mol. The fourth-order valence-corrected chi connectivity index (χ4v) is 2.23. The van der Waals surface area contributed by atoms with Gasteiger partial charge in [0.2, 0.25) is 0 Å². The van der Waals surface area contributed by atoms with Crippen molar-refractivity contribution in [2.24, 2.45) is 0 Å². The molecule has 0 aliphatic rings. The number of rotatable bonds is 4. The molecule has 0 bridgehead atoms. The molecule has 0 aliphatic heterocycles. The molecule has 23 heavy (non-hydrogen) atoms. The summed E-state index contributed by atoms with van der Waals surface area (Å²) in [5, 5.41) is 1.69. The van der Waals surface area contributed by atoms with Crippen LogP contribution in [0.4, 0.5) is 0 Å². The number of hydrogen-bond acceptors (Lipinski definition) is 3. The summed E-state index contributed by atoms with van der Waals surface area (Å²) < 4.78 is 11.3. The first-order valence-electron chi connectivity index (χ1n) is 7.27. The summed E-state index contributed by atoms with van der Waals surface area (Å²) >= 11 is 0. The van der Waals surface area contributed by atoms with Gasteiger partial charge in [-0.1, -0.05) is 49.0 Å². The third kappa shape index (κ3) is 3.24. The van der Waals surface area contributed by atoms with Gasteiger partial charge >= 0.3 is 5.97 Å². The molecule has 3 heteroatoms. The molecule has 3 rings (SSSR count). The Morgan fingerprint density at radius 2 is 1.43 bits per heavy atom. The van der Waals surface area contributed by atoms with Gasteiger partial charge in [-0.3, -0.25) is 0 Å². The summed E-state index contributed by atoms with van der Waals surface area (Å²) in [7, 11) is 0. The minimum absolute atomic E-state index is 0.360. The SMILES string of the molecule is C=C(C)C(=O)Oc1cccc2c(Oc3ccccc3)cccc12. The summed E-state index contributed by atoms with van der Waals surface area (Å²) in [5.41, 5.74) is 0.360. The van der Waals surface area contributed by atoms with Crippen LogP contribution in [0.1, 0.15) is 6.92 Å². The van der Waals surface area contributed by atoms with Crippen molar-refractivity contribution >= 4 is 16.7 Å². The molecule has 114 valence electrons. The Kier molecular flexibility index (Phi) is 4.11. The molecular weight excluding hydrogens is 288 g/mol. The molecule has 0 N–H and O–H groups in total. The molecule has 0 aromatic heterocycles. The first-order chi connectivity index (χ1) is 11.1. The van der Waals surface area contributed by atoms with E-state index < -0.39 is 5.97 Å². The van der Waals surface area contributed by atoms with Crippen LogP contribution in [0.15, 0.2) is 78.9 Å². The Bertz CT molecular complexity index is 866. The van der Waals surface area contributed by atoms with Crippen molar-refractivity contribution < 1.29 is 14.3 Å². The summed E-state index contributed by atoms with van der Waals surface area (Å²) in [5.74, 6) is 1.52. The molecule has 0 aliphatic carbocycles. The van der Waals surface area contributed by atoms with Gasteiger partial charge in [-0.2, -0.15) is 0 Å². The van der Waals surface area contributed by atoms with Crippen molar-refractivity contribution in [3.63, 3.8) is 0 Å². The summed E-state index contributed by atoms with van der Waals surface area (Å²) in [6.07, 6.45) is 0. The molecule has 0 fully saturated rings. The number of para-hydroxylation sites is 1. The van der Waals surface area contributed by atoms with Gasteiger partial charge in [0.1, 0.15) is 17.2 Å². The molecule has 0 amide bonds. The molecule has 0 spiro atoms. The highest BCUT2D eigenvalue weighted by molar-refractivity contribution is 5.96. The molecule has 0 saturated heterocycles. The van der Waals surface area contributed by atoms with Gasteiger partial charge < -0.3 is 9.47 Å². The van der Waals surface area contributed by atoms with Crippen molar-refractivity contribution in [2.75, 3.05) is 0 Å². The number of hydrogen-bond donors (Lipinski definition) is 0. The first-order valence-corrected chi connectivity index (χ1v) is 7.27. The molecule has 3 aromatic carbocycles. The molecule has 3 nitrogen and oxygen atoms in total. The maximum absolute atomic E-state index is 11.8. The molecule has 0 heterocycles. The highest BCUT2D eigenvalue weighted by Gasteiger charge is 2.11. The van der Waals surface area contributed by atoms with Gasteiger partial charge in [0.25, 0.3) is 0 Å². The molecule has 0 radical (unpaired) electrons. The normalized spacial score (nSPS) is 10.3. The first kappa shape index (κ1) is 14.9.